The van der Waals surface area contributed by atoms with Gasteiger partial charge in [-0.1, -0.05) is 25.7 Å². The van der Waals surface area contributed by atoms with Gasteiger partial charge >= 0.3 is 0 Å². The van der Waals surface area contributed by atoms with Crippen LogP contribution in [0.4, 0.5) is 0 Å². The predicted molar refractivity (Wildman–Crippen MR) is 78.1 cm³/mol. The smallest absolute Gasteiger partial charge is 0.241 e. The summed E-state index contributed by atoms with van der Waals surface area (Å²) in [6, 6.07) is 0. The monoisotopic (exact) mass is 284 g/mol. The third kappa shape index (κ3) is 6.89. The summed E-state index contributed by atoms with van der Waals surface area (Å²) in [4.78, 5) is 24.9. The Hall–Kier alpha value is -1.10. The quantitative estimate of drug-likeness (QED) is 0.740. The van der Waals surface area contributed by atoms with E-state index >= 15 is 0 Å². The van der Waals surface area contributed by atoms with Gasteiger partial charge in [0.25, 0.3) is 0 Å². The fraction of sp³-hybridized carbons (Fsp3) is 0.867. The molecule has 1 fully saturated rings. The number of carbonyl (C=O) groups excluding carboxylic acids is 2. The van der Waals surface area contributed by atoms with Crippen LogP contribution in [0.25, 0.3) is 0 Å². The Labute approximate surface area is 121 Å². The third-order valence-electron chi connectivity index (χ3n) is 3.74. The van der Waals surface area contributed by atoms with Crippen molar-refractivity contribution in [1.29, 1.82) is 0 Å². The maximum Gasteiger partial charge on any atom is 0.241 e. The van der Waals surface area contributed by atoms with Crippen LogP contribution >= 0.6 is 0 Å². The van der Waals surface area contributed by atoms with Crippen LogP contribution in [0.5, 0.6) is 0 Å². The van der Waals surface area contributed by atoms with Gasteiger partial charge in [0.15, 0.2) is 0 Å². The Morgan fingerprint density at radius 2 is 1.90 bits per heavy atom. The lowest BCUT2D eigenvalue weighted by molar-refractivity contribution is -0.133. The van der Waals surface area contributed by atoms with Crippen molar-refractivity contribution in [2.75, 3.05) is 20.1 Å². The molecule has 0 unspecified atom stereocenters. The van der Waals surface area contributed by atoms with Crippen molar-refractivity contribution in [2.45, 2.75) is 58.0 Å². The number of likely N-dealkylation sites (N-methyl/N-ethyl adjacent to an activating group) is 1. The lowest BCUT2D eigenvalue weighted by atomic mass is 10.0. The normalized spacial score (nSPS) is 16.2. The van der Waals surface area contributed by atoms with Crippen LogP contribution in [0.3, 0.4) is 0 Å². The molecule has 2 N–H and O–H groups in total. The molecule has 0 atom stereocenters. The lowest BCUT2D eigenvalue weighted by Crippen LogP contribution is -2.44. The molecule has 0 aromatic heterocycles. The number of carbonyl (C=O) groups is 2. The van der Waals surface area contributed by atoms with Crippen molar-refractivity contribution < 1.29 is 14.7 Å². The summed E-state index contributed by atoms with van der Waals surface area (Å²) in [6.07, 6.45) is 6.48. The van der Waals surface area contributed by atoms with Crippen LogP contribution < -0.4 is 5.32 Å². The van der Waals surface area contributed by atoms with E-state index < -0.39 is 5.60 Å². The van der Waals surface area contributed by atoms with Gasteiger partial charge in [-0.15, -0.1) is 0 Å². The third-order valence-corrected chi connectivity index (χ3v) is 3.74. The Balaban J connectivity index is 2.17. The van der Waals surface area contributed by atoms with E-state index in [0.717, 1.165) is 6.42 Å². The molecule has 20 heavy (non-hydrogen) atoms. The Morgan fingerprint density at radius 1 is 1.30 bits per heavy atom. The molecule has 1 aliphatic rings. The van der Waals surface area contributed by atoms with Crippen LogP contribution in [0.1, 0.15) is 52.4 Å². The van der Waals surface area contributed by atoms with E-state index in [1.54, 1.807) is 20.9 Å². The minimum atomic E-state index is -0.920. The van der Waals surface area contributed by atoms with Crippen LogP contribution in [0.2, 0.25) is 0 Å². The molecular formula is C15H28N2O3. The first kappa shape index (κ1) is 17.0. The molecule has 116 valence electrons. The molecule has 0 bridgehead atoms. The van der Waals surface area contributed by atoms with Crippen molar-refractivity contribution in [1.82, 2.24) is 10.2 Å². The Kier molecular flexibility index (Phi) is 6.46. The molecule has 5 nitrogen and oxygen atoms in total. The van der Waals surface area contributed by atoms with Gasteiger partial charge in [0, 0.05) is 20.0 Å². The van der Waals surface area contributed by atoms with Gasteiger partial charge in [-0.25, -0.2) is 0 Å². The molecule has 1 aliphatic carbocycles. The van der Waals surface area contributed by atoms with Gasteiger partial charge in [0.05, 0.1) is 12.1 Å². The van der Waals surface area contributed by atoms with Gasteiger partial charge in [0.1, 0.15) is 0 Å². The summed E-state index contributed by atoms with van der Waals surface area (Å²) < 4.78 is 0. The van der Waals surface area contributed by atoms with E-state index in [1.165, 1.54) is 30.6 Å². The molecule has 1 rings (SSSR count). The topological polar surface area (TPSA) is 69.6 Å². The minimum Gasteiger partial charge on any atom is -0.389 e. The van der Waals surface area contributed by atoms with Crippen molar-refractivity contribution >= 4 is 11.8 Å². The highest BCUT2D eigenvalue weighted by Gasteiger charge is 2.20. The number of nitrogens with one attached hydrogen (secondary N) is 1. The first-order valence-corrected chi connectivity index (χ1v) is 7.51. The van der Waals surface area contributed by atoms with Crippen LogP contribution in [0, 0.1) is 5.92 Å². The largest absolute Gasteiger partial charge is 0.389 e. The molecular weight excluding hydrogens is 256 g/mol. The lowest BCUT2D eigenvalue weighted by Gasteiger charge is -2.25. The molecule has 5 heteroatoms. The molecule has 0 saturated heterocycles. The highest BCUT2D eigenvalue weighted by atomic mass is 16.3. The number of rotatable bonds is 7. The maximum atomic E-state index is 11.8. The summed E-state index contributed by atoms with van der Waals surface area (Å²) in [5.74, 6) is 0.456. The number of aliphatic hydroxyl groups is 1. The molecule has 0 aliphatic heterocycles. The fourth-order valence-electron chi connectivity index (χ4n) is 2.70. The summed E-state index contributed by atoms with van der Waals surface area (Å²) in [7, 11) is 1.63. The standard InChI is InChI=1S/C15H28N2O3/c1-15(2,20)11-17(3)14(19)10-16-13(18)9-8-12-6-4-5-7-12/h12,20H,4-11H2,1-3H3,(H,16,18). The zero-order valence-electron chi connectivity index (χ0n) is 12.9. The van der Waals surface area contributed by atoms with Gasteiger partial charge in [0.2, 0.25) is 11.8 Å². The second-order valence-electron chi connectivity index (χ2n) is 6.53. The second kappa shape index (κ2) is 7.62. The number of hydrogen-bond donors (Lipinski definition) is 2. The second-order valence-corrected chi connectivity index (χ2v) is 6.53. The van der Waals surface area contributed by atoms with E-state index in [0.29, 0.717) is 12.3 Å². The Morgan fingerprint density at radius 3 is 2.45 bits per heavy atom. The maximum absolute atomic E-state index is 11.8. The average Bonchev–Trinajstić information content (AvgIpc) is 2.84. The van der Waals surface area contributed by atoms with E-state index in [9.17, 15) is 14.7 Å². The van der Waals surface area contributed by atoms with E-state index in [4.69, 9.17) is 0 Å². The van der Waals surface area contributed by atoms with Crippen molar-refractivity contribution in [3.8, 4) is 0 Å². The summed E-state index contributed by atoms with van der Waals surface area (Å²) in [6.45, 7) is 3.56. The zero-order chi connectivity index (χ0) is 15.2. The highest BCUT2D eigenvalue weighted by Crippen LogP contribution is 2.28. The molecule has 0 aromatic rings. The van der Waals surface area contributed by atoms with E-state index in [1.807, 2.05) is 0 Å². The predicted octanol–water partition coefficient (Wildman–Crippen LogP) is 1.30. The van der Waals surface area contributed by atoms with Crippen molar-refractivity contribution in [3.05, 3.63) is 0 Å². The molecule has 0 aromatic carbocycles. The van der Waals surface area contributed by atoms with Crippen LogP contribution in [-0.4, -0.2) is 47.6 Å². The van der Waals surface area contributed by atoms with Gasteiger partial charge in [-0.05, 0) is 26.2 Å². The SMILES string of the molecule is CN(CC(C)(C)O)C(=O)CNC(=O)CCC1CCCC1. The Bertz CT molecular complexity index is 331. The zero-order valence-corrected chi connectivity index (χ0v) is 12.9. The minimum absolute atomic E-state index is 0.01000. The number of hydrogen-bond acceptors (Lipinski definition) is 3. The highest BCUT2D eigenvalue weighted by molar-refractivity contribution is 5.84. The molecule has 0 radical (unpaired) electrons. The molecule has 2 amide bonds. The van der Waals surface area contributed by atoms with E-state index in [-0.39, 0.29) is 24.9 Å². The first-order chi connectivity index (χ1) is 9.28. The fourth-order valence-corrected chi connectivity index (χ4v) is 2.70. The molecule has 0 spiro atoms. The van der Waals surface area contributed by atoms with Gasteiger partial charge < -0.3 is 15.3 Å². The average molecular weight is 284 g/mol. The summed E-state index contributed by atoms with van der Waals surface area (Å²) in [5.41, 5.74) is -0.920. The molecule has 0 heterocycles. The van der Waals surface area contributed by atoms with E-state index in [2.05, 4.69) is 5.32 Å². The summed E-state index contributed by atoms with van der Waals surface area (Å²) in [5, 5.41) is 12.3. The van der Waals surface area contributed by atoms with Crippen molar-refractivity contribution in [3.63, 3.8) is 0 Å². The first-order valence-electron chi connectivity index (χ1n) is 7.51. The molecule has 1 saturated carbocycles. The van der Waals surface area contributed by atoms with Crippen LogP contribution in [0.15, 0.2) is 0 Å². The summed E-state index contributed by atoms with van der Waals surface area (Å²) >= 11 is 0. The van der Waals surface area contributed by atoms with Gasteiger partial charge in [-0.3, -0.25) is 9.59 Å². The number of amides is 2. The number of nitrogens with zero attached hydrogens (tertiary/aromatic N) is 1. The van der Waals surface area contributed by atoms with Gasteiger partial charge in [-0.2, -0.15) is 0 Å². The van der Waals surface area contributed by atoms with Crippen molar-refractivity contribution in [2.24, 2.45) is 5.92 Å². The van der Waals surface area contributed by atoms with Crippen LogP contribution in [-0.2, 0) is 9.59 Å².